The SMILES string of the molecule is Clc1ccc2nc(NCCc3ccc(N=C4SC[C@@H]5CCCN45)cc3)sc2c1. The van der Waals surface area contributed by atoms with E-state index < -0.39 is 0 Å². The van der Waals surface area contributed by atoms with E-state index >= 15 is 0 Å². The number of thioether (sulfide) groups is 1. The van der Waals surface area contributed by atoms with Crippen LogP contribution in [-0.4, -0.2) is 39.9 Å². The van der Waals surface area contributed by atoms with E-state index in [0.717, 1.165) is 45.6 Å². The lowest BCUT2D eigenvalue weighted by molar-refractivity contribution is 0.440. The summed E-state index contributed by atoms with van der Waals surface area (Å²) in [5.74, 6) is 1.19. The summed E-state index contributed by atoms with van der Waals surface area (Å²) in [6, 6.07) is 15.2. The molecule has 1 aromatic heterocycles. The Morgan fingerprint density at radius 3 is 3.00 bits per heavy atom. The van der Waals surface area contributed by atoms with Crippen LogP contribution in [0.4, 0.5) is 10.8 Å². The van der Waals surface area contributed by atoms with Crippen LogP contribution in [0, 0.1) is 0 Å². The second-order valence-electron chi connectivity index (χ2n) is 7.17. The predicted octanol–water partition coefficient (Wildman–Crippen LogP) is 5.80. The highest BCUT2D eigenvalue weighted by Crippen LogP contribution is 2.33. The van der Waals surface area contributed by atoms with Crippen molar-refractivity contribution in [2.45, 2.75) is 25.3 Å². The summed E-state index contributed by atoms with van der Waals surface area (Å²) >= 11 is 9.59. The van der Waals surface area contributed by atoms with Gasteiger partial charge in [-0.2, -0.15) is 0 Å². The molecule has 0 unspecified atom stereocenters. The van der Waals surface area contributed by atoms with Gasteiger partial charge in [-0.25, -0.2) is 9.98 Å². The summed E-state index contributed by atoms with van der Waals surface area (Å²) < 4.78 is 1.11. The highest BCUT2D eigenvalue weighted by Gasteiger charge is 2.33. The van der Waals surface area contributed by atoms with Gasteiger partial charge in [0.15, 0.2) is 10.3 Å². The highest BCUT2D eigenvalue weighted by atomic mass is 35.5. The van der Waals surface area contributed by atoms with Gasteiger partial charge in [0.05, 0.1) is 15.9 Å². The Morgan fingerprint density at radius 2 is 2.11 bits per heavy atom. The lowest BCUT2D eigenvalue weighted by Gasteiger charge is -2.16. The molecule has 4 nitrogen and oxygen atoms in total. The van der Waals surface area contributed by atoms with Crippen molar-refractivity contribution in [3.8, 4) is 0 Å². The summed E-state index contributed by atoms with van der Waals surface area (Å²) in [6.07, 6.45) is 3.58. The van der Waals surface area contributed by atoms with Gasteiger partial charge in [-0.1, -0.05) is 46.8 Å². The Hall–Kier alpha value is -1.76. The summed E-state index contributed by atoms with van der Waals surface area (Å²) in [5.41, 5.74) is 3.35. The number of anilines is 1. The van der Waals surface area contributed by atoms with E-state index in [0.29, 0.717) is 6.04 Å². The van der Waals surface area contributed by atoms with Gasteiger partial charge in [-0.05, 0) is 55.2 Å². The minimum atomic E-state index is 0.715. The predicted molar refractivity (Wildman–Crippen MR) is 123 cm³/mol. The fourth-order valence-electron chi connectivity index (χ4n) is 3.75. The van der Waals surface area contributed by atoms with Crippen LogP contribution in [0.5, 0.6) is 0 Å². The number of fused-ring (bicyclic) bond motifs is 2. The number of nitrogens with one attached hydrogen (secondary N) is 1. The molecule has 144 valence electrons. The van der Waals surface area contributed by atoms with Crippen molar-refractivity contribution in [3.63, 3.8) is 0 Å². The fraction of sp³-hybridized carbons (Fsp3) is 0.333. The minimum absolute atomic E-state index is 0.715. The molecule has 0 saturated carbocycles. The molecule has 1 N–H and O–H groups in total. The van der Waals surface area contributed by atoms with Crippen LogP contribution < -0.4 is 5.32 Å². The molecule has 7 heteroatoms. The van der Waals surface area contributed by atoms with Gasteiger partial charge in [0.2, 0.25) is 0 Å². The van der Waals surface area contributed by atoms with E-state index in [1.807, 2.05) is 30.0 Å². The molecule has 2 fully saturated rings. The molecule has 0 amide bonds. The van der Waals surface area contributed by atoms with E-state index in [9.17, 15) is 0 Å². The third-order valence-electron chi connectivity index (χ3n) is 5.23. The topological polar surface area (TPSA) is 40.5 Å². The molecule has 3 heterocycles. The van der Waals surface area contributed by atoms with Crippen LogP contribution in [0.15, 0.2) is 47.5 Å². The molecule has 2 aromatic carbocycles. The minimum Gasteiger partial charge on any atom is -0.361 e. The number of halogens is 1. The zero-order valence-electron chi connectivity index (χ0n) is 15.4. The molecule has 2 aliphatic rings. The Morgan fingerprint density at radius 1 is 1.21 bits per heavy atom. The van der Waals surface area contributed by atoms with Crippen LogP contribution >= 0.6 is 34.7 Å². The Bertz CT molecular complexity index is 1010. The number of hydrogen-bond donors (Lipinski definition) is 1. The number of nitrogens with zero attached hydrogens (tertiary/aromatic N) is 3. The molecule has 1 atom stereocenters. The third-order valence-corrected chi connectivity index (χ3v) is 7.58. The summed E-state index contributed by atoms with van der Waals surface area (Å²) in [4.78, 5) is 12.0. The quantitative estimate of drug-likeness (QED) is 0.557. The number of thiazole rings is 1. The van der Waals surface area contributed by atoms with Crippen molar-refractivity contribution in [3.05, 3.63) is 53.1 Å². The van der Waals surface area contributed by atoms with Crippen molar-refractivity contribution >= 4 is 60.9 Å². The molecule has 0 spiro atoms. The van der Waals surface area contributed by atoms with Gasteiger partial charge in [0.25, 0.3) is 0 Å². The van der Waals surface area contributed by atoms with Gasteiger partial charge in [0, 0.05) is 29.9 Å². The molecule has 2 aliphatic heterocycles. The Labute approximate surface area is 178 Å². The number of hydrogen-bond acceptors (Lipinski definition) is 5. The molecule has 0 aliphatic carbocycles. The third kappa shape index (κ3) is 3.86. The van der Waals surface area contributed by atoms with Gasteiger partial charge in [-0.15, -0.1) is 0 Å². The fourth-order valence-corrected chi connectivity index (χ4v) is 6.18. The molecule has 0 radical (unpaired) electrons. The molecular weight excluding hydrogens is 408 g/mol. The molecule has 5 rings (SSSR count). The summed E-state index contributed by atoms with van der Waals surface area (Å²) in [7, 11) is 0. The second kappa shape index (κ2) is 7.93. The number of benzene rings is 2. The van der Waals surface area contributed by atoms with Crippen molar-refractivity contribution in [1.29, 1.82) is 0 Å². The zero-order valence-corrected chi connectivity index (χ0v) is 17.8. The second-order valence-corrected chi connectivity index (χ2v) is 9.62. The number of aliphatic imine (C=N–C) groups is 1. The van der Waals surface area contributed by atoms with E-state index in [4.69, 9.17) is 16.6 Å². The molecule has 0 bridgehead atoms. The van der Waals surface area contributed by atoms with Gasteiger partial charge in [-0.3, -0.25) is 0 Å². The highest BCUT2D eigenvalue weighted by molar-refractivity contribution is 8.14. The van der Waals surface area contributed by atoms with Crippen molar-refractivity contribution < 1.29 is 0 Å². The monoisotopic (exact) mass is 428 g/mol. The first kappa shape index (κ1) is 18.3. The van der Waals surface area contributed by atoms with Crippen LogP contribution in [0.25, 0.3) is 10.2 Å². The maximum Gasteiger partial charge on any atom is 0.183 e. The van der Waals surface area contributed by atoms with Crippen LogP contribution in [-0.2, 0) is 6.42 Å². The van der Waals surface area contributed by atoms with Crippen molar-refractivity contribution in [1.82, 2.24) is 9.88 Å². The van der Waals surface area contributed by atoms with E-state index in [2.05, 4.69) is 39.5 Å². The molecular formula is C21H21ClN4S2. The lowest BCUT2D eigenvalue weighted by Crippen LogP contribution is -2.27. The number of aromatic nitrogens is 1. The van der Waals surface area contributed by atoms with Gasteiger partial charge < -0.3 is 10.2 Å². The molecule has 2 saturated heterocycles. The largest absolute Gasteiger partial charge is 0.361 e. The smallest absolute Gasteiger partial charge is 0.183 e. The average molecular weight is 429 g/mol. The summed E-state index contributed by atoms with van der Waals surface area (Å²) in [5, 5.41) is 6.32. The van der Waals surface area contributed by atoms with Crippen LogP contribution in [0.2, 0.25) is 5.02 Å². The summed E-state index contributed by atoms with van der Waals surface area (Å²) in [6.45, 7) is 2.02. The van der Waals surface area contributed by atoms with E-state index in [-0.39, 0.29) is 0 Å². The Kier molecular flexibility index (Phi) is 5.18. The lowest BCUT2D eigenvalue weighted by atomic mass is 10.1. The number of rotatable bonds is 5. The van der Waals surface area contributed by atoms with Gasteiger partial charge in [0.1, 0.15) is 0 Å². The van der Waals surface area contributed by atoms with E-state index in [1.165, 1.54) is 29.3 Å². The van der Waals surface area contributed by atoms with E-state index in [1.54, 1.807) is 11.3 Å². The van der Waals surface area contributed by atoms with Crippen molar-refractivity contribution in [2.75, 3.05) is 24.2 Å². The molecule has 28 heavy (non-hydrogen) atoms. The first-order valence-electron chi connectivity index (χ1n) is 9.62. The normalized spacial score (nSPS) is 20.2. The first-order chi connectivity index (χ1) is 13.7. The Balaban J connectivity index is 1.18. The standard InChI is InChI=1S/C21H21ClN4S2/c22-15-5-8-18-19(12-15)28-20(25-18)23-10-9-14-3-6-16(7-4-14)24-21-26-11-1-2-17(26)13-27-21/h3-8,12,17H,1-2,9-11,13H2,(H,23,25)/t17-/m0/s1. The zero-order chi connectivity index (χ0) is 18.9. The maximum absolute atomic E-state index is 6.05. The van der Waals surface area contributed by atoms with Crippen molar-refractivity contribution in [2.24, 2.45) is 4.99 Å². The maximum atomic E-state index is 6.05. The average Bonchev–Trinajstić information content (AvgIpc) is 3.40. The number of amidine groups is 1. The molecule has 3 aromatic rings. The first-order valence-corrected chi connectivity index (χ1v) is 11.8. The van der Waals surface area contributed by atoms with Crippen LogP contribution in [0.1, 0.15) is 18.4 Å². The van der Waals surface area contributed by atoms with Crippen LogP contribution in [0.3, 0.4) is 0 Å². The van der Waals surface area contributed by atoms with Gasteiger partial charge >= 0.3 is 0 Å².